The summed E-state index contributed by atoms with van der Waals surface area (Å²) < 4.78 is 25.4. The van der Waals surface area contributed by atoms with Crippen molar-refractivity contribution in [3.63, 3.8) is 0 Å². The summed E-state index contributed by atoms with van der Waals surface area (Å²) >= 11 is 0. The number of fused-ring (bicyclic) bond motifs is 6. The first kappa shape index (κ1) is 21.7. The van der Waals surface area contributed by atoms with Crippen molar-refractivity contribution in [3.8, 4) is 0 Å². The van der Waals surface area contributed by atoms with E-state index in [0.29, 0.717) is 47.1 Å². The van der Waals surface area contributed by atoms with Gasteiger partial charge in [-0.1, -0.05) is 0 Å². The maximum atomic E-state index is 14.3. The lowest BCUT2D eigenvalue weighted by molar-refractivity contribution is 0.0793. The zero-order valence-electron chi connectivity index (χ0n) is 18.2. The van der Waals surface area contributed by atoms with E-state index in [9.17, 15) is 9.18 Å². The van der Waals surface area contributed by atoms with E-state index < -0.39 is 11.9 Å². The number of benzene rings is 1. The number of aromatic nitrogens is 2. The van der Waals surface area contributed by atoms with Gasteiger partial charge in [-0.25, -0.2) is 9.37 Å². The van der Waals surface area contributed by atoms with Gasteiger partial charge in [0.1, 0.15) is 11.6 Å². The minimum atomic E-state index is -0.428. The summed E-state index contributed by atoms with van der Waals surface area (Å²) in [5, 5.41) is 0. The van der Waals surface area contributed by atoms with Gasteiger partial charge in [0.05, 0.1) is 56.6 Å². The van der Waals surface area contributed by atoms with E-state index in [-0.39, 0.29) is 25.0 Å². The highest BCUT2D eigenvalue weighted by atomic mass is 19.1. The Kier molecular flexibility index (Phi) is 6.04. The fraction of sp³-hybridized carbons (Fsp3) is 0.364. The van der Waals surface area contributed by atoms with Crippen LogP contribution in [0.1, 0.15) is 27.7 Å². The van der Waals surface area contributed by atoms with Gasteiger partial charge in [0.2, 0.25) is 5.90 Å². The number of nitrogens with zero attached hydrogens (tertiary/aromatic N) is 5. The van der Waals surface area contributed by atoms with E-state index in [1.54, 1.807) is 26.5 Å². The molecule has 0 spiro atoms. The lowest BCUT2D eigenvalue weighted by Crippen LogP contribution is -2.42. The smallest absolute Gasteiger partial charge is 0.254 e. The van der Waals surface area contributed by atoms with E-state index in [0.717, 1.165) is 0 Å². The lowest BCUT2D eigenvalue weighted by atomic mass is 9.97. The Balaban J connectivity index is 1.98. The minimum absolute atomic E-state index is 0.0875. The largest absolute Gasteiger partial charge is 0.481 e. The first-order valence-electron chi connectivity index (χ1n) is 10.2. The molecule has 9 nitrogen and oxygen atoms in total. The second-order valence-electron chi connectivity index (χ2n) is 7.57. The maximum absolute atomic E-state index is 14.3. The van der Waals surface area contributed by atoms with Crippen molar-refractivity contribution in [1.82, 2.24) is 14.9 Å². The molecule has 4 rings (SSSR count). The highest BCUT2D eigenvalue weighted by molar-refractivity contribution is 6.20. The molecule has 1 aromatic carbocycles. The topological polar surface area (TPSA) is 106 Å². The van der Waals surface area contributed by atoms with E-state index in [1.165, 1.54) is 30.2 Å². The molecule has 0 radical (unpaired) electrons. The van der Waals surface area contributed by atoms with Gasteiger partial charge in [-0.3, -0.25) is 14.8 Å². The van der Waals surface area contributed by atoms with Crippen molar-refractivity contribution in [2.45, 2.75) is 6.04 Å². The highest BCUT2D eigenvalue weighted by Crippen LogP contribution is 2.33. The molecule has 0 saturated carbocycles. The van der Waals surface area contributed by atoms with Crippen LogP contribution >= 0.6 is 0 Å². The van der Waals surface area contributed by atoms with Crippen molar-refractivity contribution in [3.05, 3.63) is 58.9 Å². The number of halogens is 1. The number of carbonyl (C=O) groups excluding carboxylic acids is 1. The predicted octanol–water partition coefficient (Wildman–Crippen LogP) is 1.62. The molecule has 1 atom stereocenters. The Morgan fingerprint density at radius 1 is 1.38 bits per heavy atom. The van der Waals surface area contributed by atoms with Crippen LogP contribution in [0.5, 0.6) is 0 Å². The average molecular weight is 440 g/mol. The Bertz CT molecular complexity index is 1100. The number of carbonyl (C=O) groups is 1. The summed E-state index contributed by atoms with van der Waals surface area (Å²) in [6.07, 6.45) is 3.20. The van der Waals surface area contributed by atoms with E-state index in [4.69, 9.17) is 20.2 Å². The van der Waals surface area contributed by atoms with Crippen molar-refractivity contribution in [2.75, 3.05) is 52.4 Å². The number of aliphatic imine (C=N–C) groups is 1. The molecule has 168 valence electrons. The standard InChI is InChI=1S/C22H25FN6O3/c1-25-21(31-3)20-16(24)11-28(2)22(30)14-5-4-13(23)8-15(14)18-12-32-7-6-29(18)19-10-26-9-17(20)27-19/h4-5,8-10,18H,6-7,11-12,24H2,1-3H3/b20-16-,25-21?. The van der Waals surface area contributed by atoms with Crippen LogP contribution in [0.25, 0.3) is 5.57 Å². The van der Waals surface area contributed by atoms with Crippen molar-refractivity contribution >= 4 is 23.2 Å². The molecule has 10 heteroatoms. The van der Waals surface area contributed by atoms with Gasteiger partial charge in [-0.15, -0.1) is 0 Å². The van der Waals surface area contributed by atoms with Crippen LogP contribution in [0.3, 0.4) is 0 Å². The number of hydrogen-bond donors (Lipinski definition) is 1. The second kappa shape index (κ2) is 8.91. The Morgan fingerprint density at radius 2 is 2.19 bits per heavy atom. The molecule has 2 aliphatic heterocycles. The number of anilines is 1. The third-order valence-electron chi connectivity index (χ3n) is 5.59. The number of rotatable bonds is 1. The molecular formula is C22H25FN6O3. The van der Waals surface area contributed by atoms with Crippen molar-refractivity contribution in [1.29, 1.82) is 0 Å². The SMILES string of the molecule is CN=C(OC)/C1=C(\N)CN(C)C(=O)c2ccc(F)cc2C2COCCN2c2cncc1n2. The lowest BCUT2D eigenvalue weighted by Gasteiger charge is -2.38. The molecular weight excluding hydrogens is 415 g/mol. The summed E-state index contributed by atoms with van der Waals surface area (Å²) in [5.41, 5.74) is 8.63. The monoisotopic (exact) mass is 440 g/mol. The molecule has 32 heavy (non-hydrogen) atoms. The normalized spacial score (nSPS) is 21.9. The fourth-order valence-corrected chi connectivity index (χ4v) is 4.08. The van der Waals surface area contributed by atoms with Gasteiger partial charge >= 0.3 is 0 Å². The van der Waals surface area contributed by atoms with Crippen LogP contribution in [0.2, 0.25) is 0 Å². The molecule has 1 unspecified atom stereocenters. The van der Waals surface area contributed by atoms with Gasteiger partial charge in [0.25, 0.3) is 5.91 Å². The van der Waals surface area contributed by atoms with Gasteiger partial charge in [0, 0.05) is 31.9 Å². The van der Waals surface area contributed by atoms with E-state index in [1.807, 2.05) is 4.90 Å². The van der Waals surface area contributed by atoms with Crippen molar-refractivity contribution in [2.24, 2.45) is 10.7 Å². The third-order valence-corrected chi connectivity index (χ3v) is 5.59. The fourth-order valence-electron chi connectivity index (χ4n) is 4.08. The summed E-state index contributed by atoms with van der Waals surface area (Å²) in [6.45, 7) is 1.33. The summed E-state index contributed by atoms with van der Waals surface area (Å²) in [5.74, 6) is 0.134. The van der Waals surface area contributed by atoms with Crippen LogP contribution in [0.4, 0.5) is 10.2 Å². The Labute approximate surface area is 185 Å². The molecule has 3 heterocycles. The summed E-state index contributed by atoms with van der Waals surface area (Å²) in [4.78, 5) is 30.2. The molecule has 1 amide bonds. The third kappa shape index (κ3) is 3.89. The zero-order chi connectivity index (χ0) is 22.8. The number of methoxy groups -OCH3 is 1. The molecule has 2 bridgehead atoms. The number of likely N-dealkylation sites (N-methyl/N-ethyl adjacent to an activating group) is 1. The Morgan fingerprint density at radius 3 is 2.94 bits per heavy atom. The average Bonchev–Trinajstić information content (AvgIpc) is 2.81. The predicted molar refractivity (Wildman–Crippen MR) is 118 cm³/mol. The number of amides is 1. The van der Waals surface area contributed by atoms with Crippen LogP contribution in [-0.2, 0) is 9.47 Å². The zero-order valence-corrected chi connectivity index (χ0v) is 18.2. The first-order chi connectivity index (χ1) is 15.4. The summed E-state index contributed by atoms with van der Waals surface area (Å²) in [6, 6.07) is 3.75. The highest BCUT2D eigenvalue weighted by Gasteiger charge is 2.32. The molecule has 2 aromatic rings. The van der Waals surface area contributed by atoms with Crippen LogP contribution < -0.4 is 10.6 Å². The van der Waals surface area contributed by atoms with Gasteiger partial charge in [-0.05, 0) is 23.8 Å². The van der Waals surface area contributed by atoms with E-state index in [2.05, 4.69) is 9.98 Å². The van der Waals surface area contributed by atoms with Crippen LogP contribution in [0.15, 0.2) is 41.3 Å². The number of morpholine rings is 1. The van der Waals surface area contributed by atoms with Crippen LogP contribution in [0, 0.1) is 5.82 Å². The number of nitrogens with two attached hydrogens (primary N) is 1. The Hall–Kier alpha value is -3.53. The van der Waals surface area contributed by atoms with Gasteiger partial charge in [-0.2, -0.15) is 0 Å². The molecule has 1 fully saturated rings. The van der Waals surface area contributed by atoms with Gasteiger partial charge < -0.3 is 25.0 Å². The molecule has 1 aromatic heterocycles. The van der Waals surface area contributed by atoms with E-state index >= 15 is 0 Å². The molecule has 2 N–H and O–H groups in total. The van der Waals surface area contributed by atoms with Gasteiger partial charge in [0.15, 0.2) is 0 Å². The van der Waals surface area contributed by atoms with Crippen LogP contribution in [-0.4, -0.2) is 74.2 Å². The quantitative estimate of drug-likeness (QED) is 0.531. The molecule has 1 saturated heterocycles. The second-order valence-corrected chi connectivity index (χ2v) is 7.57. The van der Waals surface area contributed by atoms with Crippen molar-refractivity contribution < 1.29 is 18.7 Å². The first-order valence-corrected chi connectivity index (χ1v) is 10.2. The molecule has 0 aliphatic carbocycles. The summed E-state index contributed by atoms with van der Waals surface area (Å²) in [7, 11) is 4.72. The maximum Gasteiger partial charge on any atom is 0.254 e. The molecule has 2 aliphatic rings. The minimum Gasteiger partial charge on any atom is -0.481 e. The number of hydrogen-bond acceptors (Lipinski definition) is 8. The number of ether oxygens (including phenoxy) is 2.